The fourth-order valence-electron chi connectivity index (χ4n) is 3.01. The lowest BCUT2D eigenvalue weighted by molar-refractivity contribution is 0.262. The van der Waals surface area contributed by atoms with E-state index in [0.717, 1.165) is 22.0 Å². The highest BCUT2D eigenvalue weighted by atomic mass is 35.5. The summed E-state index contributed by atoms with van der Waals surface area (Å²) >= 11 is 6.19. The Hall–Kier alpha value is -3.44. The Bertz CT molecular complexity index is 1170. The molecule has 1 aromatic heterocycles. The highest BCUT2D eigenvalue weighted by Crippen LogP contribution is 2.35. The molecule has 0 aliphatic rings. The van der Waals surface area contributed by atoms with Gasteiger partial charge in [0.15, 0.2) is 0 Å². The summed E-state index contributed by atoms with van der Waals surface area (Å²) < 4.78 is 13.8. The Labute approximate surface area is 166 Å². The maximum absolute atomic E-state index is 13.8. The second-order valence-electron chi connectivity index (χ2n) is 6.13. The molecule has 4 rings (SSSR count). The molecule has 0 saturated carbocycles. The SMILES string of the molecule is O=C(Nc1ccccc1F)Nc1cnc2ccc(Cl)cc2c1-c1ccccc1. The third-order valence-electron chi connectivity index (χ3n) is 4.26. The lowest BCUT2D eigenvalue weighted by Crippen LogP contribution is -2.20. The first-order chi connectivity index (χ1) is 13.6. The quantitative estimate of drug-likeness (QED) is 0.428. The molecule has 0 saturated heterocycles. The third kappa shape index (κ3) is 3.66. The first-order valence-corrected chi connectivity index (χ1v) is 8.96. The second kappa shape index (κ2) is 7.66. The summed E-state index contributed by atoms with van der Waals surface area (Å²) in [7, 11) is 0. The zero-order chi connectivity index (χ0) is 19.5. The number of pyridine rings is 1. The first-order valence-electron chi connectivity index (χ1n) is 8.58. The number of nitrogens with one attached hydrogen (secondary N) is 2. The number of rotatable bonds is 3. The van der Waals surface area contributed by atoms with E-state index in [9.17, 15) is 9.18 Å². The van der Waals surface area contributed by atoms with Crippen LogP contribution in [0.2, 0.25) is 5.02 Å². The van der Waals surface area contributed by atoms with Gasteiger partial charge in [0, 0.05) is 16.0 Å². The molecule has 0 aliphatic heterocycles. The zero-order valence-corrected chi connectivity index (χ0v) is 15.4. The van der Waals surface area contributed by atoms with Gasteiger partial charge in [-0.3, -0.25) is 4.98 Å². The molecule has 6 heteroatoms. The van der Waals surface area contributed by atoms with Crippen molar-refractivity contribution in [1.29, 1.82) is 0 Å². The van der Waals surface area contributed by atoms with Crippen molar-refractivity contribution in [3.63, 3.8) is 0 Å². The predicted octanol–water partition coefficient (Wildman–Crippen LogP) is 6.34. The van der Waals surface area contributed by atoms with Gasteiger partial charge in [-0.05, 0) is 35.9 Å². The predicted molar refractivity (Wildman–Crippen MR) is 111 cm³/mol. The van der Waals surface area contributed by atoms with Gasteiger partial charge in [-0.1, -0.05) is 54.1 Å². The van der Waals surface area contributed by atoms with Gasteiger partial charge in [-0.25, -0.2) is 9.18 Å². The van der Waals surface area contributed by atoms with Crippen molar-refractivity contribution in [3.05, 3.63) is 89.8 Å². The number of para-hydroxylation sites is 1. The Morgan fingerprint density at radius 3 is 2.39 bits per heavy atom. The van der Waals surface area contributed by atoms with Crippen LogP contribution >= 0.6 is 11.6 Å². The highest BCUT2D eigenvalue weighted by Gasteiger charge is 2.14. The van der Waals surface area contributed by atoms with E-state index in [4.69, 9.17) is 11.6 Å². The van der Waals surface area contributed by atoms with E-state index >= 15 is 0 Å². The van der Waals surface area contributed by atoms with Crippen LogP contribution in [0.1, 0.15) is 0 Å². The number of anilines is 2. The van der Waals surface area contributed by atoms with Gasteiger partial charge in [0.1, 0.15) is 5.82 Å². The number of carbonyl (C=O) groups is 1. The van der Waals surface area contributed by atoms with E-state index < -0.39 is 11.8 Å². The second-order valence-corrected chi connectivity index (χ2v) is 6.57. The molecule has 0 spiro atoms. The molecule has 4 aromatic rings. The van der Waals surface area contributed by atoms with E-state index in [2.05, 4.69) is 15.6 Å². The van der Waals surface area contributed by atoms with E-state index in [1.807, 2.05) is 42.5 Å². The minimum absolute atomic E-state index is 0.0954. The smallest absolute Gasteiger partial charge is 0.306 e. The van der Waals surface area contributed by atoms with Gasteiger partial charge in [0.25, 0.3) is 0 Å². The normalized spacial score (nSPS) is 10.6. The molecule has 3 aromatic carbocycles. The molecule has 0 atom stereocenters. The summed E-state index contributed by atoms with van der Waals surface area (Å²) in [6.45, 7) is 0. The van der Waals surface area contributed by atoms with Crippen molar-refractivity contribution in [2.75, 3.05) is 10.6 Å². The molecule has 28 heavy (non-hydrogen) atoms. The van der Waals surface area contributed by atoms with Crippen LogP contribution in [-0.4, -0.2) is 11.0 Å². The van der Waals surface area contributed by atoms with Gasteiger partial charge in [-0.2, -0.15) is 0 Å². The number of nitrogens with zero attached hydrogens (tertiary/aromatic N) is 1. The van der Waals surface area contributed by atoms with E-state index in [-0.39, 0.29) is 5.69 Å². The number of amides is 2. The van der Waals surface area contributed by atoms with Gasteiger partial charge in [0.05, 0.1) is 23.1 Å². The van der Waals surface area contributed by atoms with Gasteiger partial charge in [-0.15, -0.1) is 0 Å². The molecule has 0 unspecified atom stereocenters. The molecule has 0 radical (unpaired) electrons. The molecule has 0 aliphatic carbocycles. The molecule has 138 valence electrons. The number of benzene rings is 3. The number of urea groups is 1. The Morgan fingerprint density at radius 1 is 0.893 bits per heavy atom. The molecule has 1 heterocycles. The van der Waals surface area contributed by atoms with Crippen LogP contribution in [0, 0.1) is 5.82 Å². The monoisotopic (exact) mass is 391 g/mol. The molecule has 2 amide bonds. The van der Waals surface area contributed by atoms with Crippen molar-refractivity contribution in [2.45, 2.75) is 0 Å². The molecule has 0 bridgehead atoms. The molecule has 4 nitrogen and oxygen atoms in total. The summed E-state index contributed by atoms with van der Waals surface area (Å²) in [5, 5.41) is 6.67. The molecule has 0 fully saturated rings. The van der Waals surface area contributed by atoms with Crippen molar-refractivity contribution in [3.8, 4) is 11.1 Å². The Morgan fingerprint density at radius 2 is 1.61 bits per heavy atom. The van der Waals surface area contributed by atoms with Crippen LogP contribution in [0.15, 0.2) is 79.0 Å². The van der Waals surface area contributed by atoms with Crippen LogP contribution in [0.4, 0.5) is 20.6 Å². The maximum Gasteiger partial charge on any atom is 0.323 e. The Balaban J connectivity index is 1.76. The van der Waals surface area contributed by atoms with Crippen molar-refractivity contribution >= 4 is 39.9 Å². The van der Waals surface area contributed by atoms with Gasteiger partial charge < -0.3 is 10.6 Å². The summed E-state index contributed by atoms with van der Waals surface area (Å²) in [4.78, 5) is 16.9. The average Bonchev–Trinajstić information content (AvgIpc) is 2.70. The van der Waals surface area contributed by atoms with Gasteiger partial charge in [0.2, 0.25) is 0 Å². The fourth-order valence-corrected chi connectivity index (χ4v) is 3.19. The summed E-state index contributed by atoms with van der Waals surface area (Å²) in [5.74, 6) is -0.510. The number of fused-ring (bicyclic) bond motifs is 1. The van der Waals surface area contributed by atoms with Crippen LogP contribution in [0.25, 0.3) is 22.0 Å². The largest absolute Gasteiger partial charge is 0.323 e. The van der Waals surface area contributed by atoms with Gasteiger partial charge >= 0.3 is 6.03 Å². The average molecular weight is 392 g/mol. The molecule has 2 N–H and O–H groups in total. The van der Waals surface area contributed by atoms with Crippen LogP contribution in [0.5, 0.6) is 0 Å². The van der Waals surface area contributed by atoms with Crippen molar-refractivity contribution in [1.82, 2.24) is 4.98 Å². The first kappa shape index (κ1) is 17.9. The third-order valence-corrected chi connectivity index (χ3v) is 4.50. The standard InChI is InChI=1S/C22H15ClFN3O/c23-15-10-11-18-16(12-15)21(14-6-2-1-3-7-14)20(13-25-18)27-22(28)26-19-9-5-4-8-17(19)24/h1-13H,(H2,26,27,28). The topological polar surface area (TPSA) is 54.0 Å². The zero-order valence-electron chi connectivity index (χ0n) is 14.6. The van der Waals surface area contributed by atoms with E-state index in [1.54, 1.807) is 24.4 Å². The van der Waals surface area contributed by atoms with Crippen LogP contribution < -0.4 is 10.6 Å². The summed E-state index contributed by atoms with van der Waals surface area (Å²) in [5.41, 5.74) is 3.03. The highest BCUT2D eigenvalue weighted by molar-refractivity contribution is 6.31. The van der Waals surface area contributed by atoms with Crippen molar-refractivity contribution in [2.24, 2.45) is 0 Å². The number of aromatic nitrogens is 1. The lowest BCUT2D eigenvalue weighted by Gasteiger charge is -2.15. The number of hydrogen-bond donors (Lipinski definition) is 2. The van der Waals surface area contributed by atoms with E-state index in [1.165, 1.54) is 12.1 Å². The number of hydrogen-bond acceptors (Lipinski definition) is 2. The minimum Gasteiger partial charge on any atom is -0.306 e. The fraction of sp³-hybridized carbons (Fsp3) is 0. The number of carbonyl (C=O) groups excluding carboxylic acids is 1. The molecular weight excluding hydrogens is 377 g/mol. The van der Waals surface area contributed by atoms with E-state index in [0.29, 0.717) is 10.7 Å². The van der Waals surface area contributed by atoms with Crippen LogP contribution in [-0.2, 0) is 0 Å². The van der Waals surface area contributed by atoms with Crippen molar-refractivity contribution < 1.29 is 9.18 Å². The summed E-state index contributed by atoms with van der Waals surface area (Å²) in [6, 6.07) is 20.4. The molecular formula is C22H15ClFN3O. The summed E-state index contributed by atoms with van der Waals surface area (Å²) in [6.07, 6.45) is 1.58. The lowest BCUT2D eigenvalue weighted by atomic mass is 9.99. The van der Waals surface area contributed by atoms with Crippen LogP contribution in [0.3, 0.4) is 0 Å². The minimum atomic E-state index is -0.564. The Kier molecular flexibility index (Phi) is 4.91. The maximum atomic E-state index is 13.8. The number of halogens is 2.